The van der Waals surface area contributed by atoms with Crippen molar-refractivity contribution in [2.45, 2.75) is 25.8 Å². The van der Waals surface area contributed by atoms with Gasteiger partial charge in [0.15, 0.2) is 11.5 Å². The van der Waals surface area contributed by atoms with Gasteiger partial charge < -0.3 is 34.0 Å². The minimum Gasteiger partial charge on any atom is -0.497 e. The topological polar surface area (TPSA) is 118 Å². The van der Waals surface area contributed by atoms with Gasteiger partial charge in [-0.2, -0.15) is 5.26 Å². The number of aryl methyl sites for hydroxylation is 2. The van der Waals surface area contributed by atoms with Crippen LogP contribution in [-0.4, -0.2) is 33.0 Å². The molecule has 3 aromatic rings. The molecule has 0 amide bonds. The highest BCUT2D eigenvalue weighted by Gasteiger charge is 2.36. The smallest absolute Gasteiger partial charge is 0.258 e. The van der Waals surface area contributed by atoms with E-state index in [0.29, 0.717) is 58.5 Å². The van der Waals surface area contributed by atoms with E-state index in [1.165, 1.54) is 7.11 Å². The summed E-state index contributed by atoms with van der Waals surface area (Å²) in [5.74, 6) is 1.78. The number of benzene rings is 2. The molecule has 1 aliphatic heterocycles. The summed E-state index contributed by atoms with van der Waals surface area (Å²) in [7, 11) is 6.24. The van der Waals surface area contributed by atoms with Crippen molar-refractivity contribution >= 4 is 0 Å². The minimum absolute atomic E-state index is 0.0493. The van der Waals surface area contributed by atoms with Crippen molar-refractivity contribution in [1.82, 2.24) is 4.57 Å². The molecule has 1 aromatic heterocycles. The number of fused-ring (bicyclic) bond motifs is 1. The Morgan fingerprint density at radius 2 is 1.68 bits per heavy atom. The number of nitrogens with two attached hydrogens (primary N) is 1. The number of hydrogen-bond acceptors (Lipinski definition) is 8. The van der Waals surface area contributed by atoms with Crippen LogP contribution in [0.2, 0.25) is 0 Å². The van der Waals surface area contributed by atoms with E-state index in [-0.39, 0.29) is 17.0 Å². The van der Waals surface area contributed by atoms with E-state index in [2.05, 4.69) is 6.07 Å². The third kappa shape index (κ3) is 4.66. The molecule has 0 spiro atoms. The maximum absolute atomic E-state index is 14.0. The van der Waals surface area contributed by atoms with E-state index >= 15 is 0 Å². The number of methoxy groups -OCH3 is 4. The molecule has 0 saturated carbocycles. The Hall–Kier alpha value is -4.58. The Morgan fingerprint density at radius 1 is 0.973 bits per heavy atom. The molecule has 2 heterocycles. The van der Waals surface area contributed by atoms with Gasteiger partial charge >= 0.3 is 0 Å². The van der Waals surface area contributed by atoms with Gasteiger partial charge in [0.05, 0.1) is 39.9 Å². The lowest BCUT2D eigenvalue weighted by molar-refractivity contribution is 0.354. The van der Waals surface area contributed by atoms with Crippen LogP contribution in [-0.2, 0) is 13.0 Å². The first-order valence-electron chi connectivity index (χ1n) is 11.6. The first-order chi connectivity index (χ1) is 17.9. The van der Waals surface area contributed by atoms with E-state index in [9.17, 15) is 10.1 Å². The largest absolute Gasteiger partial charge is 0.497 e. The van der Waals surface area contributed by atoms with Crippen molar-refractivity contribution in [3.8, 4) is 34.8 Å². The fraction of sp³-hybridized carbons (Fsp3) is 0.286. The van der Waals surface area contributed by atoms with Crippen LogP contribution in [0.15, 0.2) is 58.7 Å². The molecular formula is C28H29N3O6. The molecule has 9 nitrogen and oxygen atoms in total. The maximum atomic E-state index is 14.0. The van der Waals surface area contributed by atoms with Crippen molar-refractivity contribution in [3.63, 3.8) is 0 Å². The summed E-state index contributed by atoms with van der Waals surface area (Å²) in [6.45, 7) is 2.23. The monoisotopic (exact) mass is 503 g/mol. The molecule has 192 valence electrons. The fourth-order valence-electron chi connectivity index (χ4n) is 4.62. The quantitative estimate of drug-likeness (QED) is 0.495. The van der Waals surface area contributed by atoms with E-state index in [1.807, 2.05) is 25.1 Å². The van der Waals surface area contributed by atoms with Gasteiger partial charge in [0.25, 0.3) is 5.56 Å². The number of ether oxygens (including phenoxy) is 5. The summed E-state index contributed by atoms with van der Waals surface area (Å²) in [4.78, 5) is 14.0. The van der Waals surface area contributed by atoms with Gasteiger partial charge in [-0.25, -0.2) is 0 Å². The average Bonchev–Trinajstić information content (AvgIpc) is 2.91. The number of rotatable bonds is 8. The first-order valence-corrected chi connectivity index (χ1v) is 11.6. The Morgan fingerprint density at radius 3 is 2.32 bits per heavy atom. The zero-order chi connectivity index (χ0) is 26.7. The van der Waals surface area contributed by atoms with Crippen molar-refractivity contribution < 1.29 is 23.7 Å². The second kappa shape index (κ2) is 10.6. The van der Waals surface area contributed by atoms with E-state index in [1.54, 1.807) is 50.2 Å². The Balaban J connectivity index is 1.83. The number of hydrogen-bond donors (Lipinski definition) is 1. The minimum atomic E-state index is -0.792. The Bertz CT molecular complexity index is 1470. The first kappa shape index (κ1) is 25.5. The summed E-state index contributed by atoms with van der Waals surface area (Å²) in [6, 6.07) is 14.8. The van der Waals surface area contributed by atoms with Crippen LogP contribution in [0.25, 0.3) is 0 Å². The summed E-state index contributed by atoms with van der Waals surface area (Å²) in [5, 5.41) is 10.00. The lowest BCUT2D eigenvalue weighted by Crippen LogP contribution is -2.33. The predicted molar refractivity (Wildman–Crippen MR) is 138 cm³/mol. The lowest BCUT2D eigenvalue weighted by atomic mass is 9.83. The number of pyridine rings is 1. The molecule has 9 heteroatoms. The normalized spacial score (nSPS) is 14.3. The maximum Gasteiger partial charge on any atom is 0.258 e. The molecule has 0 fully saturated rings. The van der Waals surface area contributed by atoms with Crippen LogP contribution >= 0.6 is 0 Å². The molecule has 0 unspecified atom stereocenters. The van der Waals surface area contributed by atoms with Crippen molar-refractivity contribution in [2.24, 2.45) is 5.73 Å². The summed E-state index contributed by atoms with van der Waals surface area (Å²) >= 11 is 0. The van der Waals surface area contributed by atoms with Crippen LogP contribution < -0.4 is 35.0 Å². The van der Waals surface area contributed by atoms with Crippen LogP contribution in [0, 0.1) is 18.3 Å². The highest BCUT2D eigenvalue weighted by atomic mass is 16.5. The van der Waals surface area contributed by atoms with Crippen LogP contribution in [0.4, 0.5) is 0 Å². The standard InChI is InChI=1S/C28H29N3O6/c1-16-12-24-26(28(32)31(16)11-10-17-6-8-22(35-4)23(13-17)36-5)25(20(15-29)27(30)37-24)19-14-18(33-2)7-9-21(19)34-3/h6-9,12-14,25H,10-11,30H2,1-5H3/t25-/m0/s1. The number of nitrogens with zero attached hydrogens (tertiary/aromatic N) is 2. The SMILES string of the molecule is COc1ccc(OC)c([C@H]2C(C#N)=C(N)Oc3cc(C)n(CCc4ccc(OC)c(OC)c4)c(=O)c32)c1. The van der Waals surface area contributed by atoms with Crippen molar-refractivity contribution in [2.75, 3.05) is 28.4 Å². The lowest BCUT2D eigenvalue weighted by Gasteiger charge is -2.28. The highest BCUT2D eigenvalue weighted by Crippen LogP contribution is 2.44. The van der Waals surface area contributed by atoms with E-state index in [4.69, 9.17) is 29.4 Å². The van der Waals surface area contributed by atoms with Gasteiger partial charge in [0, 0.05) is 23.9 Å². The fourth-order valence-corrected chi connectivity index (χ4v) is 4.62. The van der Waals surface area contributed by atoms with Gasteiger partial charge in [0.1, 0.15) is 28.9 Å². The molecule has 37 heavy (non-hydrogen) atoms. The number of aromatic nitrogens is 1. The highest BCUT2D eigenvalue weighted by molar-refractivity contribution is 5.59. The second-order valence-electron chi connectivity index (χ2n) is 8.49. The molecule has 1 aliphatic rings. The zero-order valence-electron chi connectivity index (χ0n) is 21.5. The molecule has 0 bridgehead atoms. The third-order valence-electron chi connectivity index (χ3n) is 6.51. The Kier molecular flexibility index (Phi) is 7.30. The molecule has 0 aliphatic carbocycles. The van der Waals surface area contributed by atoms with E-state index < -0.39 is 5.92 Å². The number of allylic oxidation sites excluding steroid dienone is 1. The van der Waals surface area contributed by atoms with Crippen LogP contribution in [0.1, 0.15) is 28.3 Å². The molecular weight excluding hydrogens is 474 g/mol. The predicted octanol–water partition coefficient (Wildman–Crippen LogP) is 3.65. The van der Waals surface area contributed by atoms with Crippen molar-refractivity contribution in [1.29, 1.82) is 5.26 Å². The summed E-state index contributed by atoms with van der Waals surface area (Å²) in [6.07, 6.45) is 0.566. The number of nitriles is 1. The van der Waals surface area contributed by atoms with E-state index in [0.717, 1.165) is 5.56 Å². The third-order valence-corrected chi connectivity index (χ3v) is 6.51. The second-order valence-corrected chi connectivity index (χ2v) is 8.49. The zero-order valence-corrected chi connectivity index (χ0v) is 21.5. The molecule has 0 radical (unpaired) electrons. The summed E-state index contributed by atoms with van der Waals surface area (Å²) in [5.41, 5.74) is 8.59. The molecule has 1 atom stereocenters. The van der Waals surface area contributed by atoms with Gasteiger partial charge in [-0.05, 0) is 49.2 Å². The molecule has 2 aromatic carbocycles. The van der Waals surface area contributed by atoms with Crippen LogP contribution in [0.3, 0.4) is 0 Å². The van der Waals surface area contributed by atoms with Crippen LogP contribution in [0.5, 0.6) is 28.7 Å². The summed E-state index contributed by atoms with van der Waals surface area (Å²) < 4.78 is 29.2. The molecule has 2 N–H and O–H groups in total. The average molecular weight is 504 g/mol. The molecule has 0 saturated heterocycles. The Labute approximate surface area is 215 Å². The van der Waals surface area contributed by atoms with Gasteiger partial charge in [-0.15, -0.1) is 0 Å². The molecule has 4 rings (SSSR count). The van der Waals surface area contributed by atoms with Gasteiger partial charge in [-0.1, -0.05) is 6.07 Å². The van der Waals surface area contributed by atoms with Gasteiger partial charge in [-0.3, -0.25) is 4.79 Å². The van der Waals surface area contributed by atoms with Crippen molar-refractivity contribution in [3.05, 3.63) is 86.7 Å². The van der Waals surface area contributed by atoms with Gasteiger partial charge in [0.2, 0.25) is 5.88 Å².